The maximum atomic E-state index is 13.3. The van der Waals surface area contributed by atoms with E-state index in [0.717, 1.165) is 5.56 Å². The van der Waals surface area contributed by atoms with Crippen molar-refractivity contribution in [2.45, 2.75) is 12.1 Å². The van der Waals surface area contributed by atoms with Crippen LogP contribution in [-0.2, 0) is 4.74 Å². The monoisotopic (exact) mass is 399 g/mol. The van der Waals surface area contributed by atoms with Crippen LogP contribution in [0.4, 0.5) is 10.1 Å². The molecule has 28 heavy (non-hydrogen) atoms. The average Bonchev–Trinajstić information content (AvgIpc) is 3.13. The van der Waals surface area contributed by atoms with E-state index >= 15 is 0 Å². The first kappa shape index (κ1) is 19.6. The van der Waals surface area contributed by atoms with E-state index in [1.807, 2.05) is 13.2 Å². The number of rotatable bonds is 5. The molecule has 0 fully saturated rings. The molecule has 144 valence electrons. The number of methoxy groups -OCH3 is 1. The van der Waals surface area contributed by atoms with Crippen molar-refractivity contribution in [2.24, 2.45) is 0 Å². The number of imidazole rings is 1. The van der Waals surface area contributed by atoms with Crippen LogP contribution < -0.4 is 5.32 Å². The molecule has 0 saturated carbocycles. The highest BCUT2D eigenvalue weighted by atomic mass is 32.2. The largest absolute Gasteiger partial charge is 0.465 e. The molecule has 3 rings (SSSR count). The van der Waals surface area contributed by atoms with Crippen molar-refractivity contribution in [3.8, 4) is 5.69 Å². The molecule has 3 aromatic rings. The van der Waals surface area contributed by atoms with Crippen molar-refractivity contribution >= 4 is 29.3 Å². The quantitative estimate of drug-likeness (QED) is 0.517. The number of ether oxygens (including phenoxy) is 1. The van der Waals surface area contributed by atoms with Gasteiger partial charge in [0.25, 0.3) is 5.91 Å². The van der Waals surface area contributed by atoms with Crippen LogP contribution in [0.2, 0.25) is 0 Å². The smallest absolute Gasteiger partial charge is 0.337 e. The summed E-state index contributed by atoms with van der Waals surface area (Å²) in [5.74, 6) is -1.26. The Labute approximate surface area is 165 Å². The minimum Gasteiger partial charge on any atom is -0.465 e. The molecule has 0 spiro atoms. The van der Waals surface area contributed by atoms with Crippen molar-refractivity contribution in [2.75, 3.05) is 18.7 Å². The molecule has 6 nitrogen and oxygen atoms in total. The number of hydrogen-bond donors (Lipinski definition) is 1. The molecule has 0 atom stereocenters. The van der Waals surface area contributed by atoms with Gasteiger partial charge in [0.2, 0.25) is 0 Å². The fourth-order valence-corrected chi connectivity index (χ4v) is 3.21. The van der Waals surface area contributed by atoms with Crippen LogP contribution in [0.25, 0.3) is 5.69 Å². The van der Waals surface area contributed by atoms with Crippen molar-refractivity contribution < 1.29 is 18.7 Å². The van der Waals surface area contributed by atoms with Gasteiger partial charge >= 0.3 is 5.97 Å². The normalized spacial score (nSPS) is 10.6. The minimum absolute atomic E-state index is 0.291. The maximum Gasteiger partial charge on any atom is 0.337 e. The summed E-state index contributed by atoms with van der Waals surface area (Å²) in [6.45, 7) is 1.82. The van der Waals surface area contributed by atoms with E-state index in [4.69, 9.17) is 4.74 Å². The van der Waals surface area contributed by atoms with Crippen molar-refractivity contribution in [3.63, 3.8) is 0 Å². The van der Waals surface area contributed by atoms with E-state index < -0.39 is 11.9 Å². The van der Waals surface area contributed by atoms with Gasteiger partial charge in [-0.25, -0.2) is 14.2 Å². The van der Waals surface area contributed by atoms with E-state index in [1.54, 1.807) is 34.9 Å². The Kier molecular flexibility index (Phi) is 5.79. The second-order valence-electron chi connectivity index (χ2n) is 5.92. The number of carbonyl (C=O) groups excluding carboxylic acids is 2. The number of carbonyl (C=O) groups is 2. The standard InChI is InChI=1S/C20H18FN3O3S/c1-12-4-5-13(19(26)27-2)10-16(12)23-18(25)17-11-22-20(28-3)24(17)15-8-6-14(21)7-9-15/h4-11H,1-3H3,(H,23,25). The van der Waals surface area contributed by atoms with Gasteiger partial charge in [0.05, 0.1) is 18.9 Å². The van der Waals surface area contributed by atoms with Gasteiger partial charge in [-0.15, -0.1) is 0 Å². The molecule has 0 saturated heterocycles. The maximum absolute atomic E-state index is 13.3. The highest BCUT2D eigenvalue weighted by Crippen LogP contribution is 2.24. The van der Waals surface area contributed by atoms with Crippen LogP contribution in [0.3, 0.4) is 0 Å². The van der Waals surface area contributed by atoms with Crippen LogP contribution in [0.5, 0.6) is 0 Å². The number of amides is 1. The third kappa shape index (κ3) is 3.91. The van der Waals surface area contributed by atoms with Crippen molar-refractivity contribution in [3.05, 3.63) is 71.3 Å². The number of benzene rings is 2. The van der Waals surface area contributed by atoms with Gasteiger partial charge in [0.1, 0.15) is 11.5 Å². The molecule has 0 aliphatic heterocycles. The van der Waals surface area contributed by atoms with E-state index in [9.17, 15) is 14.0 Å². The number of nitrogens with zero attached hydrogens (tertiary/aromatic N) is 2. The summed E-state index contributed by atoms with van der Waals surface area (Å²) < 4.78 is 19.7. The second kappa shape index (κ2) is 8.26. The zero-order valence-electron chi connectivity index (χ0n) is 15.5. The number of aryl methyl sites for hydroxylation is 1. The minimum atomic E-state index is -0.489. The molecule has 1 aromatic heterocycles. The molecule has 1 N–H and O–H groups in total. The van der Waals surface area contributed by atoms with E-state index in [1.165, 1.54) is 37.2 Å². The number of hydrogen-bond acceptors (Lipinski definition) is 5. The topological polar surface area (TPSA) is 73.2 Å². The summed E-state index contributed by atoms with van der Waals surface area (Å²) in [5.41, 5.74) is 2.52. The molecule has 0 aliphatic rings. The summed E-state index contributed by atoms with van der Waals surface area (Å²) in [6, 6.07) is 10.7. The van der Waals surface area contributed by atoms with E-state index in [0.29, 0.717) is 27.8 Å². The number of thioether (sulfide) groups is 1. The third-order valence-electron chi connectivity index (χ3n) is 4.14. The molecule has 0 bridgehead atoms. The second-order valence-corrected chi connectivity index (χ2v) is 6.69. The van der Waals surface area contributed by atoms with Gasteiger partial charge in [-0.3, -0.25) is 9.36 Å². The lowest BCUT2D eigenvalue weighted by molar-refractivity contribution is 0.0600. The zero-order valence-corrected chi connectivity index (χ0v) is 16.3. The molecule has 0 radical (unpaired) electrons. The highest BCUT2D eigenvalue weighted by Gasteiger charge is 2.19. The first-order valence-electron chi connectivity index (χ1n) is 8.32. The Morgan fingerprint density at radius 1 is 1.18 bits per heavy atom. The number of esters is 1. The first-order valence-corrected chi connectivity index (χ1v) is 9.55. The van der Waals surface area contributed by atoms with Crippen molar-refractivity contribution in [1.82, 2.24) is 9.55 Å². The highest BCUT2D eigenvalue weighted by molar-refractivity contribution is 7.98. The lowest BCUT2D eigenvalue weighted by Crippen LogP contribution is -2.17. The molecule has 8 heteroatoms. The fraction of sp³-hybridized carbons (Fsp3) is 0.150. The number of anilines is 1. The molecule has 0 unspecified atom stereocenters. The van der Waals surface area contributed by atoms with Crippen LogP contribution in [-0.4, -0.2) is 34.8 Å². The molecular formula is C20H18FN3O3S. The third-order valence-corrected chi connectivity index (χ3v) is 4.79. The lowest BCUT2D eigenvalue weighted by atomic mass is 10.1. The van der Waals surface area contributed by atoms with Crippen LogP contribution >= 0.6 is 11.8 Å². The average molecular weight is 399 g/mol. The Hall–Kier alpha value is -3.13. The molecular weight excluding hydrogens is 381 g/mol. The zero-order chi connectivity index (χ0) is 20.3. The SMILES string of the molecule is COC(=O)c1ccc(C)c(NC(=O)c2cnc(SC)n2-c2ccc(F)cc2)c1. The van der Waals surface area contributed by atoms with E-state index in [2.05, 4.69) is 10.3 Å². The van der Waals surface area contributed by atoms with Crippen LogP contribution in [0.15, 0.2) is 53.8 Å². The summed E-state index contributed by atoms with van der Waals surface area (Å²) in [5, 5.41) is 3.41. The summed E-state index contributed by atoms with van der Waals surface area (Å²) in [4.78, 5) is 29.0. The number of aromatic nitrogens is 2. The molecule has 0 aliphatic carbocycles. The lowest BCUT2D eigenvalue weighted by Gasteiger charge is -2.13. The molecule has 2 aromatic carbocycles. The first-order chi connectivity index (χ1) is 13.4. The Balaban J connectivity index is 1.97. The summed E-state index contributed by atoms with van der Waals surface area (Å²) in [6.07, 6.45) is 3.30. The van der Waals surface area contributed by atoms with Gasteiger partial charge in [0, 0.05) is 11.4 Å². The van der Waals surface area contributed by atoms with Crippen molar-refractivity contribution in [1.29, 1.82) is 0 Å². The number of halogens is 1. The van der Waals surface area contributed by atoms with E-state index in [-0.39, 0.29) is 5.82 Å². The summed E-state index contributed by atoms with van der Waals surface area (Å²) >= 11 is 1.37. The predicted octanol–water partition coefficient (Wildman–Crippen LogP) is 4.08. The Morgan fingerprint density at radius 3 is 2.54 bits per heavy atom. The molecule has 1 amide bonds. The molecule has 1 heterocycles. The Morgan fingerprint density at radius 2 is 1.89 bits per heavy atom. The van der Waals surface area contributed by atoms with Gasteiger partial charge in [0.15, 0.2) is 5.16 Å². The van der Waals surface area contributed by atoms with Crippen LogP contribution in [0, 0.1) is 12.7 Å². The van der Waals surface area contributed by atoms with Gasteiger partial charge in [-0.1, -0.05) is 17.8 Å². The Bertz CT molecular complexity index is 1030. The predicted molar refractivity (Wildman–Crippen MR) is 106 cm³/mol. The van der Waals surface area contributed by atoms with Gasteiger partial charge in [-0.2, -0.15) is 0 Å². The van der Waals surface area contributed by atoms with Gasteiger partial charge in [-0.05, 0) is 55.1 Å². The van der Waals surface area contributed by atoms with Gasteiger partial charge < -0.3 is 10.1 Å². The number of nitrogens with one attached hydrogen (secondary N) is 1. The summed E-state index contributed by atoms with van der Waals surface area (Å²) in [7, 11) is 1.30. The fourth-order valence-electron chi connectivity index (χ4n) is 2.67. The van der Waals surface area contributed by atoms with Crippen LogP contribution in [0.1, 0.15) is 26.4 Å².